The fourth-order valence-corrected chi connectivity index (χ4v) is 1.56. The molecule has 17 heavy (non-hydrogen) atoms. The van der Waals surface area contributed by atoms with Crippen LogP contribution >= 0.6 is 0 Å². The van der Waals surface area contributed by atoms with E-state index in [4.69, 9.17) is 0 Å². The lowest BCUT2D eigenvalue weighted by Gasteiger charge is -2.02. The van der Waals surface area contributed by atoms with Gasteiger partial charge in [0.25, 0.3) is 0 Å². The average Bonchev–Trinajstić information content (AvgIpc) is 2.38. The summed E-state index contributed by atoms with van der Waals surface area (Å²) in [5.74, 6) is -0.509. The number of hydrogen-bond acceptors (Lipinski definition) is 3. The molecule has 1 amide bonds. The van der Waals surface area contributed by atoms with Crippen molar-refractivity contribution in [1.29, 1.82) is 0 Å². The smallest absolute Gasteiger partial charge is 0.227 e. The molecule has 0 aliphatic heterocycles. The number of para-hydroxylation sites is 1. The number of rotatable bonds is 3. The average molecular weight is 228 g/mol. The molecule has 1 aromatic carbocycles. The Morgan fingerprint density at radius 2 is 2.06 bits per heavy atom. The Kier molecular flexibility index (Phi) is 3.14. The highest BCUT2D eigenvalue weighted by atomic mass is 16.2. The summed E-state index contributed by atoms with van der Waals surface area (Å²) in [5.41, 5.74) is 1.30. The van der Waals surface area contributed by atoms with Crippen molar-refractivity contribution in [2.75, 3.05) is 7.05 Å². The van der Waals surface area contributed by atoms with Crippen LogP contribution in [0.3, 0.4) is 0 Å². The summed E-state index contributed by atoms with van der Waals surface area (Å²) in [7, 11) is 1.51. The first-order valence-corrected chi connectivity index (χ1v) is 5.29. The Bertz CT molecular complexity index is 578. The van der Waals surface area contributed by atoms with Crippen LogP contribution in [0.1, 0.15) is 16.8 Å². The zero-order valence-electron chi connectivity index (χ0n) is 9.43. The second-order valence-electron chi connectivity index (χ2n) is 3.69. The van der Waals surface area contributed by atoms with Crippen molar-refractivity contribution in [3.05, 3.63) is 42.1 Å². The Labute approximate surface area is 98.7 Å². The highest BCUT2D eigenvalue weighted by Crippen LogP contribution is 2.13. The van der Waals surface area contributed by atoms with Crippen molar-refractivity contribution < 1.29 is 9.59 Å². The Morgan fingerprint density at radius 3 is 2.82 bits per heavy atom. The molecule has 2 rings (SSSR count). The largest absolute Gasteiger partial charge is 0.359 e. The lowest BCUT2D eigenvalue weighted by atomic mass is 10.1. The highest BCUT2D eigenvalue weighted by molar-refractivity contribution is 6.08. The first kappa shape index (κ1) is 11.3. The molecule has 1 heterocycles. The van der Waals surface area contributed by atoms with Gasteiger partial charge in [-0.05, 0) is 12.1 Å². The van der Waals surface area contributed by atoms with E-state index >= 15 is 0 Å². The number of fused-ring (bicyclic) bond motifs is 1. The number of nitrogens with zero attached hydrogens (tertiary/aromatic N) is 1. The van der Waals surface area contributed by atoms with E-state index in [0.717, 1.165) is 10.9 Å². The number of amides is 1. The molecule has 0 bridgehead atoms. The van der Waals surface area contributed by atoms with Gasteiger partial charge in [0.15, 0.2) is 5.78 Å². The summed E-state index contributed by atoms with van der Waals surface area (Å²) in [4.78, 5) is 27.0. The molecular weight excluding hydrogens is 216 g/mol. The number of pyridine rings is 1. The Balaban J connectivity index is 2.30. The lowest BCUT2D eigenvalue weighted by molar-refractivity contribution is -0.119. The Morgan fingerprint density at radius 1 is 1.29 bits per heavy atom. The van der Waals surface area contributed by atoms with Gasteiger partial charge in [-0.2, -0.15) is 0 Å². The SMILES string of the molecule is CNC(=O)CC(=O)c1cnc2ccccc2c1. The van der Waals surface area contributed by atoms with Crippen molar-refractivity contribution in [2.45, 2.75) is 6.42 Å². The van der Waals surface area contributed by atoms with E-state index in [-0.39, 0.29) is 18.1 Å². The molecule has 4 heteroatoms. The number of ketones is 1. The number of carbonyl (C=O) groups excluding carboxylic acids is 2. The van der Waals surface area contributed by atoms with E-state index in [9.17, 15) is 9.59 Å². The monoisotopic (exact) mass is 228 g/mol. The molecule has 4 nitrogen and oxygen atoms in total. The number of carbonyl (C=O) groups is 2. The number of hydrogen-bond donors (Lipinski definition) is 1. The quantitative estimate of drug-likeness (QED) is 0.640. The molecule has 0 radical (unpaired) electrons. The van der Waals surface area contributed by atoms with Gasteiger partial charge in [-0.3, -0.25) is 14.6 Å². The van der Waals surface area contributed by atoms with Crippen molar-refractivity contribution in [3.8, 4) is 0 Å². The van der Waals surface area contributed by atoms with Crippen LogP contribution in [0.4, 0.5) is 0 Å². The third-order valence-electron chi connectivity index (χ3n) is 2.51. The molecule has 0 saturated heterocycles. The molecule has 86 valence electrons. The first-order valence-electron chi connectivity index (χ1n) is 5.29. The van der Waals surface area contributed by atoms with Crippen LogP contribution < -0.4 is 5.32 Å². The van der Waals surface area contributed by atoms with Gasteiger partial charge in [-0.1, -0.05) is 18.2 Å². The summed E-state index contributed by atoms with van der Waals surface area (Å²) in [6.07, 6.45) is 1.37. The molecule has 0 atom stereocenters. The van der Waals surface area contributed by atoms with Crippen LogP contribution in [-0.2, 0) is 4.79 Å². The van der Waals surface area contributed by atoms with Crippen molar-refractivity contribution >= 4 is 22.6 Å². The van der Waals surface area contributed by atoms with Crippen LogP contribution in [0.25, 0.3) is 10.9 Å². The minimum atomic E-state index is -0.289. The normalized spacial score (nSPS) is 10.2. The molecule has 0 saturated carbocycles. The van der Waals surface area contributed by atoms with Crippen molar-refractivity contribution in [3.63, 3.8) is 0 Å². The maximum Gasteiger partial charge on any atom is 0.227 e. The summed E-state index contributed by atoms with van der Waals surface area (Å²) >= 11 is 0. The fourth-order valence-electron chi connectivity index (χ4n) is 1.56. The van der Waals surface area contributed by atoms with Gasteiger partial charge in [0.1, 0.15) is 0 Å². The van der Waals surface area contributed by atoms with Crippen LogP contribution in [0.2, 0.25) is 0 Å². The van der Waals surface area contributed by atoms with Gasteiger partial charge in [0.2, 0.25) is 5.91 Å². The first-order chi connectivity index (χ1) is 8.20. The number of benzene rings is 1. The topological polar surface area (TPSA) is 59.1 Å². The second-order valence-corrected chi connectivity index (χ2v) is 3.69. The van der Waals surface area contributed by atoms with Gasteiger partial charge >= 0.3 is 0 Å². The Hall–Kier alpha value is -2.23. The van der Waals surface area contributed by atoms with E-state index in [1.165, 1.54) is 13.2 Å². The van der Waals surface area contributed by atoms with Crippen LogP contribution in [-0.4, -0.2) is 23.7 Å². The fraction of sp³-hybridized carbons (Fsp3) is 0.154. The zero-order chi connectivity index (χ0) is 12.3. The molecule has 0 aliphatic rings. The number of Topliss-reactive ketones (excluding diaryl/α,β-unsaturated/α-hetero) is 1. The third-order valence-corrected chi connectivity index (χ3v) is 2.51. The summed E-state index contributed by atoms with van der Waals surface area (Å²) in [6, 6.07) is 9.30. The van der Waals surface area contributed by atoms with E-state index in [1.807, 2.05) is 24.3 Å². The summed E-state index contributed by atoms with van der Waals surface area (Å²) in [6.45, 7) is 0. The molecule has 0 aliphatic carbocycles. The van der Waals surface area contributed by atoms with Gasteiger partial charge in [0.05, 0.1) is 11.9 Å². The predicted octanol–water partition coefficient (Wildman–Crippen LogP) is 1.55. The molecule has 0 spiro atoms. The minimum absolute atomic E-state index is 0.142. The van der Waals surface area contributed by atoms with Crippen LogP contribution in [0, 0.1) is 0 Å². The second kappa shape index (κ2) is 4.74. The molecule has 1 aromatic heterocycles. The van der Waals surface area contributed by atoms with Crippen LogP contribution in [0.15, 0.2) is 36.5 Å². The van der Waals surface area contributed by atoms with Crippen LogP contribution in [0.5, 0.6) is 0 Å². The van der Waals surface area contributed by atoms with Crippen molar-refractivity contribution in [2.24, 2.45) is 0 Å². The maximum atomic E-state index is 11.8. The minimum Gasteiger partial charge on any atom is -0.359 e. The van der Waals surface area contributed by atoms with E-state index in [2.05, 4.69) is 10.3 Å². The van der Waals surface area contributed by atoms with Crippen molar-refractivity contribution in [1.82, 2.24) is 10.3 Å². The van der Waals surface area contributed by atoms with Gasteiger partial charge in [0, 0.05) is 24.2 Å². The predicted molar refractivity (Wildman–Crippen MR) is 64.8 cm³/mol. The summed E-state index contributed by atoms with van der Waals surface area (Å²) < 4.78 is 0. The van der Waals surface area contributed by atoms with Gasteiger partial charge in [-0.25, -0.2) is 0 Å². The third kappa shape index (κ3) is 2.47. The molecule has 2 aromatic rings. The maximum absolute atomic E-state index is 11.8. The molecular formula is C13H12N2O2. The molecule has 0 fully saturated rings. The van der Waals surface area contributed by atoms with E-state index in [0.29, 0.717) is 5.56 Å². The molecule has 1 N–H and O–H groups in total. The van der Waals surface area contributed by atoms with Gasteiger partial charge < -0.3 is 5.32 Å². The summed E-state index contributed by atoms with van der Waals surface area (Å²) in [5, 5.41) is 3.32. The lowest BCUT2D eigenvalue weighted by Crippen LogP contribution is -2.21. The van der Waals surface area contributed by atoms with Gasteiger partial charge in [-0.15, -0.1) is 0 Å². The molecule has 0 unspecified atom stereocenters. The highest BCUT2D eigenvalue weighted by Gasteiger charge is 2.11. The number of aromatic nitrogens is 1. The van der Waals surface area contributed by atoms with E-state index < -0.39 is 0 Å². The number of nitrogens with one attached hydrogen (secondary N) is 1. The van der Waals surface area contributed by atoms with E-state index in [1.54, 1.807) is 6.07 Å². The zero-order valence-corrected chi connectivity index (χ0v) is 9.43. The standard InChI is InChI=1S/C13H12N2O2/c1-14-13(17)7-12(16)10-6-9-4-2-3-5-11(9)15-8-10/h2-6,8H,7H2,1H3,(H,14,17).